The van der Waals surface area contributed by atoms with Gasteiger partial charge in [-0.15, -0.1) is 0 Å². The number of hydrogen-bond donors (Lipinski definition) is 1. The number of hydrogen-bond acceptors (Lipinski definition) is 3. The van der Waals surface area contributed by atoms with E-state index < -0.39 is 11.0 Å². The molecule has 3 aromatic rings. The number of amides is 1. The maximum Gasteiger partial charge on any atom is 0.236 e. The van der Waals surface area contributed by atoms with Crippen molar-refractivity contribution in [1.29, 1.82) is 0 Å². The van der Waals surface area contributed by atoms with Gasteiger partial charge in [-0.1, -0.05) is 76.2 Å². The Morgan fingerprint density at radius 2 is 1.46 bits per heavy atom. The highest BCUT2D eigenvalue weighted by atomic mass is 32.2. The molecule has 1 amide bonds. The topological polar surface area (TPSA) is 49.4 Å². The third-order valence-corrected chi connectivity index (χ3v) is 8.40. The van der Waals surface area contributed by atoms with Crippen molar-refractivity contribution in [3.8, 4) is 0 Å². The Hall–Kier alpha value is -2.76. The summed E-state index contributed by atoms with van der Waals surface area (Å²) >= 11 is 0. The zero-order chi connectivity index (χ0) is 26.7. The lowest BCUT2D eigenvalue weighted by molar-refractivity contribution is -0.118. The van der Waals surface area contributed by atoms with Gasteiger partial charge in [0, 0.05) is 6.54 Å². The zero-order valence-corrected chi connectivity index (χ0v) is 23.8. The summed E-state index contributed by atoms with van der Waals surface area (Å²) in [5.41, 5.74) is 8.95. The molecule has 1 aliphatic rings. The van der Waals surface area contributed by atoms with E-state index in [0.29, 0.717) is 22.6 Å². The summed E-state index contributed by atoms with van der Waals surface area (Å²) in [5, 5.41) is 0. The van der Waals surface area contributed by atoms with Crippen LogP contribution in [0.5, 0.6) is 0 Å². The monoisotopic (exact) mass is 516 g/mol. The Kier molecular flexibility index (Phi) is 8.66. The molecule has 4 rings (SSSR count). The maximum atomic E-state index is 13.1. The van der Waals surface area contributed by atoms with Gasteiger partial charge in [0.05, 0.1) is 11.3 Å². The molecule has 1 N–H and O–H groups in total. The van der Waals surface area contributed by atoms with Gasteiger partial charge in [-0.3, -0.25) is 9.52 Å². The number of rotatable bonds is 9. The largest absolute Gasteiger partial charge is 0.305 e. The maximum absolute atomic E-state index is 13.1. The second-order valence-electron chi connectivity index (χ2n) is 11.2. The third kappa shape index (κ3) is 6.58. The van der Waals surface area contributed by atoms with Gasteiger partial charge in [-0.2, -0.15) is 0 Å². The summed E-state index contributed by atoms with van der Waals surface area (Å²) in [6, 6.07) is 21.0. The summed E-state index contributed by atoms with van der Waals surface area (Å²) in [7, 11) is 2.45. The second kappa shape index (κ2) is 11.7. The number of nitrogens with one attached hydrogen (secondary N) is 1. The molecule has 0 heterocycles. The zero-order valence-electron chi connectivity index (χ0n) is 23.0. The summed E-state index contributed by atoms with van der Waals surface area (Å²) in [6.45, 7) is 9.60. The number of nitrogens with zero attached hydrogens (tertiary/aromatic N) is 1. The second-order valence-corrected chi connectivity index (χ2v) is 12.4. The van der Waals surface area contributed by atoms with Crippen LogP contribution in [0.1, 0.15) is 84.4 Å². The standard InChI is InChI=1S/C32H40N2O2S/c1-21(2)29-17-27(26-15-24-9-7-8-10-25(24)16-26)18-30(22(3)4)31(29)19-32(35)33-37(36)28-13-11-23(12-14-28)20-34(5)6/h7-14,17-18,21-22,26H,15-16,19-20H2,1-6H3,(H,33,35). The Labute approximate surface area is 225 Å². The van der Waals surface area contributed by atoms with E-state index >= 15 is 0 Å². The molecule has 37 heavy (non-hydrogen) atoms. The van der Waals surface area contributed by atoms with Crippen LogP contribution in [-0.4, -0.2) is 29.1 Å². The van der Waals surface area contributed by atoms with E-state index in [1.807, 2.05) is 38.4 Å². The van der Waals surface area contributed by atoms with Crippen molar-refractivity contribution in [2.45, 2.75) is 76.2 Å². The molecule has 1 atom stereocenters. The lowest BCUT2D eigenvalue weighted by atomic mass is 9.82. The number of carbonyl (C=O) groups is 1. The lowest BCUT2D eigenvalue weighted by Gasteiger charge is -2.23. The molecule has 1 aliphatic carbocycles. The first-order valence-electron chi connectivity index (χ1n) is 13.3. The van der Waals surface area contributed by atoms with Crippen LogP contribution in [0.15, 0.2) is 65.6 Å². The Morgan fingerprint density at radius 3 is 1.95 bits per heavy atom. The minimum atomic E-state index is -1.58. The fourth-order valence-corrected chi connectivity index (χ4v) is 6.23. The summed E-state index contributed by atoms with van der Waals surface area (Å²) in [4.78, 5) is 15.8. The number of carbonyl (C=O) groups excluding carboxylic acids is 1. The van der Waals surface area contributed by atoms with E-state index in [1.54, 1.807) is 0 Å². The fourth-order valence-electron chi connectivity index (χ4n) is 5.45. The van der Waals surface area contributed by atoms with Crippen molar-refractivity contribution in [1.82, 2.24) is 9.62 Å². The number of benzene rings is 3. The predicted molar refractivity (Wildman–Crippen MR) is 153 cm³/mol. The molecule has 0 spiro atoms. The Bertz CT molecular complexity index is 1220. The minimum absolute atomic E-state index is 0.208. The van der Waals surface area contributed by atoms with E-state index in [2.05, 4.69) is 73.7 Å². The van der Waals surface area contributed by atoms with Gasteiger partial charge in [0.25, 0.3) is 0 Å². The van der Waals surface area contributed by atoms with E-state index in [4.69, 9.17) is 0 Å². The van der Waals surface area contributed by atoms with E-state index in [0.717, 1.165) is 30.5 Å². The van der Waals surface area contributed by atoms with Crippen molar-refractivity contribution in [2.24, 2.45) is 0 Å². The van der Waals surface area contributed by atoms with Crippen molar-refractivity contribution in [3.63, 3.8) is 0 Å². The first-order valence-corrected chi connectivity index (χ1v) is 14.5. The predicted octanol–water partition coefficient (Wildman–Crippen LogP) is 6.26. The molecular formula is C32H40N2O2S. The molecule has 0 bridgehead atoms. The Balaban J connectivity index is 1.54. The van der Waals surface area contributed by atoms with Crippen LogP contribution >= 0.6 is 0 Å². The molecule has 5 heteroatoms. The highest BCUT2D eigenvalue weighted by Crippen LogP contribution is 2.38. The van der Waals surface area contributed by atoms with Crippen LogP contribution in [0.2, 0.25) is 0 Å². The van der Waals surface area contributed by atoms with Gasteiger partial charge in [-0.05, 0) is 95.8 Å². The van der Waals surface area contributed by atoms with Crippen molar-refractivity contribution >= 4 is 16.9 Å². The highest BCUT2D eigenvalue weighted by molar-refractivity contribution is 7.83. The first kappa shape index (κ1) is 27.3. The normalized spacial score (nSPS) is 14.4. The van der Waals surface area contributed by atoms with Crippen LogP contribution in [-0.2, 0) is 41.6 Å². The molecule has 1 unspecified atom stereocenters. The number of fused-ring (bicyclic) bond motifs is 1. The molecule has 0 fully saturated rings. The van der Waals surface area contributed by atoms with Gasteiger partial charge in [0.15, 0.2) is 11.0 Å². The van der Waals surface area contributed by atoms with Gasteiger partial charge < -0.3 is 4.90 Å². The van der Waals surface area contributed by atoms with E-state index in [1.165, 1.54) is 27.8 Å². The molecular weight excluding hydrogens is 476 g/mol. The summed E-state index contributed by atoms with van der Waals surface area (Å²) in [6.07, 6.45) is 2.37. The Morgan fingerprint density at radius 1 is 0.919 bits per heavy atom. The summed E-state index contributed by atoms with van der Waals surface area (Å²) < 4.78 is 15.7. The average molecular weight is 517 g/mol. The van der Waals surface area contributed by atoms with Crippen LogP contribution in [0, 0.1) is 0 Å². The van der Waals surface area contributed by atoms with Crippen LogP contribution in [0.25, 0.3) is 0 Å². The fraction of sp³-hybridized carbons (Fsp3) is 0.406. The van der Waals surface area contributed by atoms with Crippen molar-refractivity contribution < 1.29 is 9.00 Å². The van der Waals surface area contributed by atoms with Crippen molar-refractivity contribution in [3.05, 3.63) is 99.6 Å². The van der Waals surface area contributed by atoms with Crippen LogP contribution < -0.4 is 4.72 Å². The smallest absolute Gasteiger partial charge is 0.236 e. The highest BCUT2D eigenvalue weighted by Gasteiger charge is 2.26. The first-order chi connectivity index (χ1) is 17.6. The van der Waals surface area contributed by atoms with Gasteiger partial charge >= 0.3 is 0 Å². The lowest BCUT2D eigenvalue weighted by Crippen LogP contribution is -2.28. The van der Waals surface area contributed by atoms with E-state index in [9.17, 15) is 9.00 Å². The molecule has 0 aromatic heterocycles. The molecule has 4 nitrogen and oxygen atoms in total. The van der Waals surface area contributed by atoms with Gasteiger partial charge in [0.2, 0.25) is 5.91 Å². The quantitative estimate of drug-likeness (QED) is 0.365. The third-order valence-electron chi connectivity index (χ3n) is 7.29. The average Bonchev–Trinajstić information content (AvgIpc) is 3.28. The molecule has 196 valence electrons. The SMILES string of the molecule is CC(C)c1cc(C2Cc3ccccc3C2)cc(C(C)C)c1CC(=O)NS(=O)c1ccc(CN(C)C)cc1. The van der Waals surface area contributed by atoms with Crippen molar-refractivity contribution in [2.75, 3.05) is 14.1 Å². The molecule has 0 saturated heterocycles. The van der Waals surface area contributed by atoms with Gasteiger partial charge in [0.1, 0.15) is 0 Å². The van der Waals surface area contributed by atoms with Gasteiger partial charge in [-0.25, -0.2) is 4.21 Å². The molecule has 3 aromatic carbocycles. The molecule has 0 saturated carbocycles. The van der Waals surface area contributed by atoms with Crippen LogP contribution in [0.3, 0.4) is 0 Å². The molecule has 0 radical (unpaired) electrons. The summed E-state index contributed by atoms with van der Waals surface area (Å²) in [5.74, 6) is 0.844. The van der Waals surface area contributed by atoms with Crippen LogP contribution in [0.4, 0.5) is 0 Å². The minimum Gasteiger partial charge on any atom is -0.305 e. The molecule has 0 aliphatic heterocycles. The van der Waals surface area contributed by atoms with E-state index in [-0.39, 0.29) is 12.3 Å².